The molecule has 0 heterocycles. The van der Waals surface area contributed by atoms with E-state index in [4.69, 9.17) is 0 Å². The molecule has 0 radical (unpaired) electrons. The molecular formula is C26H40. The summed E-state index contributed by atoms with van der Waals surface area (Å²) >= 11 is 0. The normalized spacial score (nSPS) is 24.7. The number of hydrogen-bond donors (Lipinski definition) is 0. The van der Waals surface area contributed by atoms with E-state index < -0.39 is 0 Å². The molecule has 1 fully saturated rings. The van der Waals surface area contributed by atoms with Crippen LogP contribution in [0.3, 0.4) is 0 Å². The quantitative estimate of drug-likeness (QED) is 0.513. The van der Waals surface area contributed by atoms with Gasteiger partial charge in [-0.1, -0.05) is 90.3 Å². The lowest BCUT2D eigenvalue weighted by Gasteiger charge is -2.36. The summed E-state index contributed by atoms with van der Waals surface area (Å²) in [5, 5.41) is 0. The minimum absolute atomic E-state index is 0.331. The molecule has 0 amide bonds. The van der Waals surface area contributed by atoms with E-state index >= 15 is 0 Å². The third-order valence-electron chi connectivity index (χ3n) is 6.76. The Morgan fingerprint density at radius 1 is 1.00 bits per heavy atom. The van der Waals surface area contributed by atoms with Gasteiger partial charge in [0.1, 0.15) is 0 Å². The van der Waals surface area contributed by atoms with E-state index in [-0.39, 0.29) is 0 Å². The molecular weight excluding hydrogens is 312 g/mol. The fourth-order valence-electron chi connectivity index (χ4n) is 5.18. The van der Waals surface area contributed by atoms with Crippen LogP contribution in [-0.4, -0.2) is 0 Å². The number of benzene rings is 1. The van der Waals surface area contributed by atoms with Crippen molar-refractivity contribution in [1.29, 1.82) is 0 Å². The van der Waals surface area contributed by atoms with Gasteiger partial charge >= 0.3 is 0 Å². The van der Waals surface area contributed by atoms with Gasteiger partial charge in [0, 0.05) is 0 Å². The van der Waals surface area contributed by atoms with Gasteiger partial charge in [-0.2, -0.15) is 0 Å². The fraction of sp³-hybridized carbons (Fsp3) is 0.615. The summed E-state index contributed by atoms with van der Waals surface area (Å²) < 4.78 is 0. The molecule has 1 aromatic carbocycles. The van der Waals surface area contributed by atoms with Gasteiger partial charge in [0.2, 0.25) is 0 Å². The van der Waals surface area contributed by atoms with Crippen LogP contribution < -0.4 is 0 Å². The van der Waals surface area contributed by atoms with Gasteiger partial charge in [-0.15, -0.1) is 0 Å². The smallest absolute Gasteiger partial charge is 0.00700 e. The fourth-order valence-corrected chi connectivity index (χ4v) is 5.18. The number of allylic oxidation sites excluding steroid dienone is 3. The van der Waals surface area contributed by atoms with Crippen LogP contribution in [0.1, 0.15) is 96.8 Å². The molecule has 1 saturated carbocycles. The van der Waals surface area contributed by atoms with Crippen LogP contribution in [0, 0.1) is 24.2 Å². The first-order chi connectivity index (χ1) is 12.3. The molecule has 0 N–H and O–H groups in total. The molecule has 0 aromatic heterocycles. The van der Waals surface area contributed by atoms with E-state index in [0.717, 1.165) is 11.8 Å². The predicted octanol–water partition coefficient (Wildman–Crippen LogP) is 8.32. The molecule has 2 aliphatic carbocycles. The Morgan fingerprint density at radius 2 is 1.65 bits per heavy atom. The average molecular weight is 353 g/mol. The molecule has 2 unspecified atom stereocenters. The molecule has 2 aliphatic rings. The summed E-state index contributed by atoms with van der Waals surface area (Å²) in [7, 11) is 0. The highest BCUT2D eigenvalue weighted by atomic mass is 14.5. The molecule has 26 heavy (non-hydrogen) atoms. The zero-order chi connectivity index (χ0) is 19.5. The van der Waals surface area contributed by atoms with E-state index in [2.05, 4.69) is 71.9 Å². The Labute approximate surface area is 162 Å². The Kier molecular flexibility index (Phi) is 6.94. The Hall–Kier alpha value is -1.30. The molecule has 0 spiro atoms. The second-order valence-corrected chi connectivity index (χ2v) is 8.92. The summed E-state index contributed by atoms with van der Waals surface area (Å²) in [5.74, 6) is 2.29. The van der Waals surface area contributed by atoms with Gasteiger partial charge in [-0.05, 0) is 72.1 Å². The maximum Gasteiger partial charge on any atom is -0.00700 e. The summed E-state index contributed by atoms with van der Waals surface area (Å²) in [6.45, 7) is 18.1. The zero-order valence-electron chi connectivity index (χ0n) is 18.4. The van der Waals surface area contributed by atoms with Gasteiger partial charge in [0.15, 0.2) is 0 Å². The molecule has 0 bridgehead atoms. The standard InChI is InChI=1S/C24H34.C2H6/c1-16(2)20-12-11-19(17(3)15-20)13-14-22-18(4)21-9-7-8-10-23(21)24(22,5)6;1-2/h11-16,21,23H,7-10H2,1-6H3;1-2H3/b14-13+;. The van der Waals surface area contributed by atoms with Gasteiger partial charge in [-0.3, -0.25) is 0 Å². The second kappa shape index (κ2) is 8.59. The van der Waals surface area contributed by atoms with Crippen LogP contribution in [0.2, 0.25) is 0 Å². The van der Waals surface area contributed by atoms with E-state index in [1.54, 1.807) is 11.1 Å². The number of fused-ring (bicyclic) bond motifs is 1. The van der Waals surface area contributed by atoms with Crippen LogP contribution >= 0.6 is 0 Å². The van der Waals surface area contributed by atoms with Gasteiger partial charge in [0.25, 0.3) is 0 Å². The van der Waals surface area contributed by atoms with Gasteiger partial charge < -0.3 is 0 Å². The highest BCUT2D eigenvalue weighted by molar-refractivity contribution is 5.59. The lowest BCUT2D eigenvalue weighted by Crippen LogP contribution is -2.27. The van der Waals surface area contributed by atoms with Gasteiger partial charge in [-0.25, -0.2) is 0 Å². The van der Waals surface area contributed by atoms with Crippen LogP contribution in [0.25, 0.3) is 6.08 Å². The number of rotatable bonds is 3. The van der Waals surface area contributed by atoms with Crippen molar-refractivity contribution >= 4 is 6.08 Å². The SMILES string of the molecule is CC.CC1=C(/C=C/c2ccc(C(C)C)cc2C)C(C)(C)C2CCCCC12. The van der Waals surface area contributed by atoms with Gasteiger partial charge in [0.05, 0.1) is 0 Å². The molecule has 0 nitrogen and oxygen atoms in total. The van der Waals surface area contributed by atoms with Crippen LogP contribution in [0.4, 0.5) is 0 Å². The molecule has 0 saturated heterocycles. The molecule has 144 valence electrons. The van der Waals surface area contributed by atoms with Crippen molar-refractivity contribution in [2.75, 3.05) is 0 Å². The average Bonchev–Trinajstić information content (AvgIpc) is 2.82. The molecule has 0 heteroatoms. The predicted molar refractivity (Wildman–Crippen MR) is 118 cm³/mol. The Balaban J connectivity index is 0.00000117. The lowest BCUT2D eigenvalue weighted by molar-refractivity contribution is 0.176. The minimum atomic E-state index is 0.331. The van der Waals surface area contributed by atoms with Crippen LogP contribution in [0.15, 0.2) is 35.4 Å². The summed E-state index contributed by atoms with van der Waals surface area (Å²) in [6, 6.07) is 6.94. The Bertz CT molecular complexity index is 669. The minimum Gasteiger partial charge on any atom is -0.0683 e. The first kappa shape index (κ1) is 21.0. The topological polar surface area (TPSA) is 0 Å². The largest absolute Gasteiger partial charge is 0.0683 e. The van der Waals surface area contributed by atoms with Crippen LogP contribution in [0.5, 0.6) is 0 Å². The summed E-state index contributed by atoms with van der Waals surface area (Å²) in [4.78, 5) is 0. The number of hydrogen-bond acceptors (Lipinski definition) is 0. The Morgan fingerprint density at radius 3 is 2.23 bits per heavy atom. The lowest BCUT2D eigenvalue weighted by atomic mass is 9.68. The highest BCUT2D eigenvalue weighted by Gasteiger charge is 2.45. The van der Waals surface area contributed by atoms with Crippen molar-refractivity contribution < 1.29 is 0 Å². The van der Waals surface area contributed by atoms with Crippen LogP contribution in [-0.2, 0) is 0 Å². The zero-order valence-corrected chi connectivity index (χ0v) is 18.4. The van der Waals surface area contributed by atoms with E-state index in [1.165, 1.54) is 42.4 Å². The third-order valence-corrected chi connectivity index (χ3v) is 6.76. The first-order valence-corrected chi connectivity index (χ1v) is 10.8. The summed E-state index contributed by atoms with van der Waals surface area (Å²) in [5.41, 5.74) is 7.79. The van der Waals surface area contributed by atoms with Crippen molar-refractivity contribution in [2.24, 2.45) is 17.3 Å². The first-order valence-electron chi connectivity index (χ1n) is 10.8. The van der Waals surface area contributed by atoms with Crippen molar-refractivity contribution in [3.05, 3.63) is 52.1 Å². The second-order valence-electron chi connectivity index (χ2n) is 8.92. The van der Waals surface area contributed by atoms with Crippen molar-refractivity contribution in [1.82, 2.24) is 0 Å². The molecule has 1 aromatic rings. The molecule has 2 atom stereocenters. The van der Waals surface area contributed by atoms with E-state index in [1.807, 2.05) is 13.8 Å². The third kappa shape index (κ3) is 4.00. The van der Waals surface area contributed by atoms with E-state index in [9.17, 15) is 0 Å². The van der Waals surface area contributed by atoms with E-state index in [0.29, 0.717) is 11.3 Å². The molecule has 3 rings (SSSR count). The monoisotopic (exact) mass is 352 g/mol. The molecule has 0 aliphatic heterocycles. The highest BCUT2D eigenvalue weighted by Crippen LogP contribution is 2.56. The maximum absolute atomic E-state index is 2.47. The summed E-state index contributed by atoms with van der Waals surface area (Å²) in [6.07, 6.45) is 10.4. The van der Waals surface area contributed by atoms with Crippen molar-refractivity contribution in [3.8, 4) is 0 Å². The maximum atomic E-state index is 2.47. The van der Waals surface area contributed by atoms with Crippen molar-refractivity contribution in [3.63, 3.8) is 0 Å². The van der Waals surface area contributed by atoms with Crippen molar-refractivity contribution in [2.45, 2.75) is 87.0 Å². The number of aryl methyl sites for hydroxylation is 1.